The summed E-state index contributed by atoms with van der Waals surface area (Å²) in [7, 11) is 3.53. The van der Waals surface area contributed by atoms with Crippen molar-refractivity contribution in [3.63, 3.8) is 0 Å². The van der Waals surface area contributed by atoms with Crippen LogP contribution in [0.3, 0.4) is 0 Å². The molecule has 0 bridgehead atoms. The Bertz CT molecular complexity index is 1080. The summed E-state index contributed by atoms with van der Waals surface area (Å²) in [6.07, 6.45) is 4.86. The maximum Gasteiger partial charge on any atom is 0.244 e. The number of nitrogens with one attached hydrogen (secondary N) is 3. The van der Waals surface area contributed by atoms with Crippen LogP contribution in [0.25, 0.3) is 0 Å². The quantitative estimate of drug-likeness (QED) is 0.374. The fraction of sp³-hybridized carbons (Fsp3) is 0.333. The maximum absolute atomic E-state index is 12.5. The molecule has 10 nitrogen and oxygen atoms in total. The number of hydrogen-bond donors (Lipinski definition) is 3. The van der Waals surface area contributed by atoms with Gasteiger partial charge in [0, 0.05) is 38.6 Å². The third-order valence-corrected chi connectivity index (χ3v) is 5.09. The molecule has 10 heteroatoms. The van der Waals surface area contributed by atoms with E-state index in [9.17, 15) is 9.59 Å². The van der Waals surface area contributed by atoms with E-state index in [1.165, 1.54) is 16.4 Å². The van der Waals surface area contributed by atoms with Gasteiger partial charge < -0.3 is 25.6 Å². The molecule has 2 amide bonds. The monoisotopic (exact) mass is 465 g/mol. The summed E-state index contributed by atoms with van der Waals surface area (Å²) < 4.78 is 7.17. The molecule has 0 aliphatic rings. The number of hydrogen-bond acceptors (Lipinski definition) is 7. The summed E-state index contributed by atoms with van der Waals surface area (Å²) in [5.41, 5.74) is 2.67. The molecule has 0 saturated carbocycles. The van der Waals surface area contributed by atoms with E-state index in [-0.39, 0.29) is 24.9 Å². The SMILES string of the molecule is CNc1ncccc1CNCC(=O)Nc1cnn(CC(=O)N(C)CCOc2ccc(C)cc2)c1. The zero-order valence-electron chi connectivity index (χ0n) is 19.7. The smallest absolute Gasteiger partial charge is 0.244 e. The predicted molar refractivity (Wildman–Crippen MR) is 131 cm³/mol. The number of anilines is 2. The summed E-state index contributed by atoms with van der Waals surface area (Å²) in [5.74, 6) is 1.24. The minimum absolute atomic E-state index is 0.0724. The van der Waals surface area contributed by atoms with Gasteiger partial charge in [-0.15, -0.1) is 0 Å². The van der Waals surface area contributed by atoms with E-state index in [0.29, 0.717) is 25.4 Å². The number of benzene rings is 1. The second-order valence-corrected chi connectivity index (χ2v) is 7.82. The lowest BCUT2D eigenvalue weighted by Gasteiger charge is -2.17. The van der Waals surface area contributed by atoms with Crippen LogP contribution in [0.2, 0.25) is 0 Å². The maximum atomic E-state index is 12.5. The van der Waals surface area contributed by atoms with Gasteiger partial charge in [0.25, 0.3) is 0 Å². The molecule has 0 unspecified atom stereocenters. The van der Waals surface area contributed by atoms with Crippen LogP contribution in [0.1, 0.15) is 11.1 Å². The first-order chi connectivity index (χ1) is 16.4. The molecule has 3 N–H and O–H groups in total. The Morgan fingerprint density at radius 1 is 1.18 bits per heavy atom. The highest BCUT2D eigenvalue weighted by Gasteiger charge is 2.12. The van der Waals surface area contributed by atoms with Crippen LogP contribution in [0.4, 0.5) is 11.5 Å². The Hall–Kier alpha value is -3.92. The fourth-order valence-corrected chi connectivity index (χ4v) is 3.16. The second kappa shape index (κ2) is 12.4. The van der Waals surface area contributed by atoms with E-state index in [1.54, 1.807) is 31.4 Å². The van der Waals surface area contributed by atoms with Gasteiger partial charge in [-0.1, -0.05) is 23.8 Å². The number of ether oxygens (including phenoxy) is 1. The number of rotatable bonds is 12. The molecule has 0 aliphatic heterocycles. The van der Waals surface area contributed by atoms with Gasteiger partial charge in [-0.3, -0.25) is 14.3 Å². The van der Waals surface area contributed by atoms with E-state index >= 15 is 0 Å². The topological polar surface area (TPSA) is 113 Å². The summed E-state index contributed by atoms with van der Waals surface area (Å²) in [5, 5.41) is 13.1. The molecule has 3 aromatic rings. The van der Waals surface area contributed by atoms with Crippen LogP contribution in [0.5, 0.6) is 5.75 Å². The van der Waals surface area contributed by atoms with E-state index in [4.69, 9.17) is 4.74 Å². The summed E-state index contributed by atoms with van der Waals surface area (Å²) in [4.78, 5) is 30.5. The summed E-state index contributed by atoms with van der Waals surface area (Å²) >= 11 is 0. The molecule has 0 atom stereocenters. The van der Waals surface area contributed by atoms with Crippen molar-refractivity contribution >= 4 is 23.3 Å². The zero-order chi connectivity index (χ0) is 24.3. The molecule has 3 rings (SSSR count). The van der Waals surface area contributed by atoms with E-state index < -0.39 is 0 Å². The zero-order valence-corrected chi connectivity index (χ0v) is 19.7. The minimum atomic E-state index is -0.203. The molecule has 1 aromatic carbocycles. The number of pyridine rings is 1. The molecule has 0 aliphatic carbocycles. The van der Waals surface area contributed by atoms with Gasteiger partial charge in [-0.2, -0.15) is 5.10 Å². The van der Waals surface area contributed by atoms with Crippen molar-refractivity contribution in [2.45, 2.75) is 20.0 Å². The first kappa shape index (κ1) is 24.7. The third kappa shape index (κ3) is 7.59. The molecule has 2 heterocycles. The van der Waals surface area contributed by atoms with Gasteiger partial charge in [0.2, 0.25) is 11.8 Å². The Balaban J connectivity index is 1.37. The molecule has 180 valence electrons. The molecule has 34 heavy (non-hydrogen) atoms. The van der Waals surface area contributed by atoms with Crippen LogP contribution < -0.4 is 20.7 Å². The summed E-state index contributed by atoms with van der Waals surface area (Å²) in [6, 6.07) is 11.6. The fourth-order valence-electron chi connectivity index (χ4n) is 3.16. The van der Waals surface area contributed by atoms with Gasteiger partial charge in [0.05, 0.1) is 25.0 Å². The molecule has 0 spiro atoms. The average molecular weight is 466 g/mol. The van der Waals surface area contributed by atoms with Crippen molar-refractivity contribution in [1.29, 1.82) is 0 Å². The van der Waals surface area contributed by atoms with Gasteiger partial charge in [-0.25, -0.2) is 4.98 Å². The van der Waals surface area contributed by atoms with Crippen molar-refractivity contribution in [3.05, 3.63) is 66.1 Å². The molecule has 0 fully saturated rings. The highest BCUT2D eigenvalue weighted by Crippen LogP contribution is 2.12. The molecular weight excluding hydrogens is 434 g/mol. The lowest BCUT2D eigenvalue weighted by atomic mass is 10.2. The second-order valence-electron chi connectivity index (χ2n) is 7.82. The number of carbonyl (C=O) groups excluding carboxylic acids is 2. The van der Waals surface area contributed by atoms with E-state index in [0.717, 1.165) is 17.1 Å². The van der Waals surface area contributed by atoms with Crippen LogP contribution in [0.15, 0.2) is 55.0 Å². The van der Waals surface area contributed by atoms with Crippen LogP contribution >= 0.6 is 0 Å². The first-order valence-corrected chi connectivity index (χ1v) is 11.0. The highest BCUT2D eigenvalue weighted by molar-refractivity contribution is 5.92. The first-order valence-electron chi connectivity index (χ1n) is 11.0. The highest BCUT2D eigenvalue weighted by atomic mass is 16.5. The Kier molecular flexibility index (Phi) is 8.98. The number of nitrogens with zero attached hydrogens (tertiary/aromatic N) is 4. The van der Waals surface area contributed by atoms with Crippen molar-refractivity contribution in [3.8, 4) is 5.75 Å². The molecule has 2 aromatic heterocycles. The number of aryl methyl sites for hydroxylation is 1. The van der Waals surface area contributed by atoms with Crippen LogP contribution in [-0.4, -0.2) is 65.3 Å². The number of aromatic nitrogens is 3. The standard InChI is InChI=1S/C24H31N7O3/c1-18-6-8-21(9-7-18)34-12-11-30(3)23(33)17-31-16-20(14-28-31)29-22(32)15-26-13-19-5-4-10-27-24(19)25-2/h4-10,14,16,26H,11-13,15,17H2,1-3H3,(H,25,27)(H,29,32). The van der Waals surface area contributed by atoms with Gasteiger partial charge in [0.15, 0.2) is 0 Å². The van der Waals surface area contributed by atoms with Crippen molar-refractivity contribution < 1.29 is 14.3 Å². The van der Waals surface area contributed by atoms with E-state index in [1.807, 2.05) is 43.3 Å². The van der Waals surface area contributed by atoms with E-state index in [2.05, 4.69) is 26.0 Å². The van der Waals surface area contributed by atoms with Gasteiger partial charge >= 0.3 is 0 Å². The Labute approximate surface area is 199 Å². The lowest BCUT2D eigenvalue weighted by molar-refractivity contribution is -0.131. The normalized spacial score (nSPS) is 10.6. The van der Waals surface area contributed by atoms with Crippen molar-refractivity contribution in [1.82, 2.24) is 25.0 Å². The molecule has 0 radical (unpaired) electrons. The number of amides is 2. The molecule has 0 saturated heterocycles. The third-order valence-electron chi connectivity index (χ3n) is 5.09. The number of likely N-dealkylation sites (N-methyl/N-ethyl adjacent to an activating group) is 1. The van der Waals surface area contributed by atoms with Crippen LogP contribution in [-0.2, 0) is 22.7 Å². The van der Waals surface area contributed by atoms with Gasteiger partial charge in [-0.05, 0) is 25.1 Å². The molecular formula is C24H31N7O3. The lowest BCUT2D eigenvalue weighted by Crippen LogP contribution is -2.33. The predicted octanol–water partition coefficient (Wildman–Crippen LogP) is 1.89. The van der Waals surface area contributed by atoms with Crippen molar-refractivity contribution in [2.24, 2.45) is 0 Å². The van der Waals surface area contributed by atoms with Crippen molar-refractivity contribution in [2.75, 3.05) is 44.4 Å². The van der Waals surface area contributed by atoms with Crippen LogP contribution in [0, 0.1) is 6.92 Å². The number of carbonyl (C=O) groups is 2. The minimum Gasteiger partial charge on any atom is -0.492 e. The Morgan fingerprint density at radius 3 is 2.74 bits per heavy atom. The summed E-state index contributed by atoms with van der Waals surface area (Å²) in [6.45, 7) is 3.58. The Morgan fingerprint density at radius 2 is 1.97 bits per heavy atom. The van der Waals surface area contributed by atoms with Gasteiger partial charge in [0.1, 0.15) is 24.7 Å². The average Bonchev–Trinajstić information content (AvgIpc) is 3.27. The largest absolute Gasteiger partial charge is 0.492 e.